The molecule has 1 unspecified atom stereocenters. The summed E-state index contributed by atoms with van der Waals surface area (Å²) in [5.41, 5.74) is 1.59. The number of nitro benzene ring substituents is 1. The second-order valence-corrected chi connectivity index (χ2v) is 4.90. The highest BCUT2D eigenvalue weighted by molar-refractivity contribution is 5.62. The van der Waals surface area contributed by atoms with E-state index in [-0.39, 0.29) is 16.7 Å². The van der Waals surface area contributed by atoms with Gasteiger partial charge >= 0.3 is 0 Å². The Morgan fingerprint density at radius 2 is 2.05 bits per heavy atom. The SMILES string of the molecule is CCNc1cc(COC(C)C(C)C)ccc1[N+](=O)[O-]. The van der Waals surface area contributed by atoms with Gasteiger partial charge in [-0.15, -0.1) is 0 Å². The Morgan fingerprint density at radius 3 is 2.58 bits per heavy atom. The Bertz CT molecular complexity index is 433. The van der Waals surface area contributed by atoms with Crippen molar-refractivity contribution in [3.8, 4) is 0 Å². The first kappa shape index (κ1) is 15.4. The minimum Gasteiger partial charge on any atom is -0.380 e. The van der Waals surface area contributed by atoms with Gasteiger partial charge in [-0.05, 0) is 37.5 Å². The van der Waals surface area contributed by atoms with E-state index in [0.29, 0.717) is 24.8 Å². The molecule has 0 heterocycles. The van der Waals surface area contributed by atoms with E-state index >= 15 is 0 Å². The van der Waals surface area contributed by atoms with E-state index in [2.05, 4.69) is 19.2 Å². The monoisotopic (exact) mass is 266 g/mol. The molecule has 1 aromatic carbocycles. The van der Waals surface area contributed by atoms with Crippen molar-refractivity contribution in [2.24, 2.45) is 5.92 Å². The third-order valence-corrected chi connectivity index (χ3v) is 3.08. The van der Waals surface area contributed by atoms with Crippen molar-refractivity contribution >= 4 is 11.4 Å². The summed E-state index contributed by atoms with van der Waals surface area (Å²) in [6.45, 7) is 9.26. The van der Waals surface area contributed by atoms with Crippen LogP contribution in [0.4, 0.5) is 11.4 Å². The van der Waals surface area contributed by atoms with Crippen LogP contribution < -0.4 is 5.32 Å². The van der Waals surface area contributed by atoms with E-state index in [1.165, 1.54) is 6.07 Å². The Labute approximate surface area is 114 Å². The summed E-state index contributed by atoms with van der Waals surface area (Å²) in [5, 5.41) is 13.9. The van der Waals surface area contributed by atoms with Crippen molar-refractivity contribution in [3.63, 3.8) is 0 Å². The average molecular weight is 266 g/mol. The highest BCUT2D eigenvalue weighted by Crippen LogP contribution is 2.26. The first-order chi connectivity index (χ1) is 8.95. The standard InChI is InChI=1S/C14H22N2O3/c1-5-15-13-8-12(6-7-14(13)16(17)18)9-19-11(4)10(2)3/h6-8,10-11,15H,5,9H2,1-4H3. The highest BCUT2D eigenvalue weighted by atomic mass is 16.6. The molecule has 0 spiro atoms. The second-order valence-electron chi connectivity index (χ2n) is 4.90. The summed E-state index contributed by atoms with van der Waals surface area (Å²) >= 11 is 0. The van der Waals surface area contributed by atoms with Crippen LogP contribution in [0.3, 0.4) is 0 Å². The predicted octanol–water partition coefficient (Wildman–Crippen LogP) is 3.59. The van der Waals surface area contributed by atoms with Gasteiger partial charge < -0.3 is 10.1 Å². The van der Waals surface area contributed by atoms with Crippen LogP contribution in [-0.2, 0) is 11.3 Å². The number of nitro groups is 1. The second kappa shape index (κ2) is 7.09. The van der Waals surface area contributed by atoms with Gasteiger partial charge in [-0.3, -0.25) is 10.1 Å². The highest BCUT2D eigenvalue weighted by Gasteiger charge is 2.14. The van der Waals surface area contributed by atoms with Crippen LogP contribution >= 0.6 is 0 Å². The van der Waals surface area contributed by atoms with Gasteiger partial charge in [-0.1, -0.05) is 13.8 Å². The van der Waals surface area contributed by atoms with Gasteiger partial charge in [-0.2, -0.15) is 0 Å². The zero-order valence-electron chi connectivity index (χ0n) is 12.0. The minimum atomic E-state index is -0.376. The fraction of sp³-hybridized carbons (Fsp3) is 0.571. The number of nitrogens with zero attached hydrogens (tertiary/aromatic N) is 1. The van der Waals surface area contributed by atoms with E-state index < -0.39 is 0 Å². The van der Waals surface area contributed by atoms with Gasteiger partial charge in [0.15, 0.2) is 0 Å². The zero-order chi connectivity index (χ0) is 14.4. The molecule has 0 saturated heterocycles. The maximum absolute atomic E-state index is 10.9. The summed E-state index contributed by atoms with van der Waals surface area (Å²) in [6.07, 6.45) is 0.165. The summed E-state index contributed by atoms with van der Waals surface area (Å²) < 4.78 is 5.73. The van der Waals surface area contributed by atoms with Crippen LogP contribution in [-0.4, -0.2) is 17.6 Å². The Kier molecular flexibility index (Phi) is 5.76. The van der Waals surface area contributed by atoms with E-state index in [4.69, 9.17) is 4.74 Å². The molecule has 0 aliphatic rings. The van der Waals surface area contributed by atoms with Crippen LogP contribution in [0, 0.1) is 16.0 Å². The molecule has 0 aliphatic heterocycles. The van der Waals surface area contributed by atoms with E-state index in [1.807, 2.05) is 13.8 Å². The zero-order valence-corrected chi connectivity index (χ0v) is 12.0. The van der Waals surface area contributed by atoms with Crippen LogP contribution in [0.1, 0.15) is 33.3 Å². The number of anilines is 1. The van der Waals surface area contributed by atoms with Crippen molar-refractivity contribution in [1.82, 2.24) is 0 Å². The molecule has 19 heavy (non-hydrogen) atoms. The van der Waals surface area contributed by atoms with Crippen LogP contribution in [0.2, 0.25) is 0 Å². The summed E-state index contributed by atoms with van der Waals surface area (Å²) in [4.78, 5) is 10.5. The lowest BCUT2D eigenvalue weighted by Gasteiger charge is -2.17. The molecule has 106 valence electrons. The van der Waals surface area contributed by atoms with Crippen LogP contribution in [0.25, 0.3) is 0 Å². The Balaban J connectivity index is 2.80. The molecule has 0 bridgehead atoms. The number of rotatable bonds is 7. The number of hydrogen-bond donors (Lipinski definition) is 1. The molecule has 5 nitrogen and oxygen atoms in total. The largest absolute Gasteiger partial charge is 0.380 e. The molecule has 5 heteroatoms. The summed E-state index contributed by atoms with van der Waals surface area (Å²) in [6, 6.07) is 5.05. The van der Waals surface area contributed by atoms with Gasteiger partial charge in [0, 0.05) is 12.6 Å². The van der Waals surface area contributed by atoms with Gasteiger partial charge in [0.2, 0.25) is 0 Å². The fourth-order valence-electron chi connectivity index (χ4n) is 1.58. The third-order valence-electron chi connectivity index (χ3n) is 3.08. The molecule has 1 aromatic rings. The third kappa shape index (κ3) is 4.52. The Hall–Kier alpha value is -1.62. The quantitative estimate of drug-likeness (QED) is 0.605. The van der Waals surface area contributed by atoms with E-state index in [0.717, 1.165) is 5.56 Å². The lowest BCUT2D eigenvalue weighted by Crippen LogP contribution is -2.15. The van der Waals surface area contributed by atoms with Gasteiger partial charge in [0.1, 0.15) is 5.69 Å². The number of ether oxygens (including phenoxy) is 1. The molecule has 1 rings (SSSR count). The molecule has 0 saturated carbocycles. The molecule has 0 amide bonds. The number of hydrogen-bond acceptors (Lipinski definition) is 4. The van der Waals surface area contributed by atoms with Gasteiger partial charge in [0.05, 0.1) is 17.6 Å². The smallest absolute Gasteiger partial charge is 0.292 e. The van der Waals surface area contributed by atoms with E-state index in [1.54, 1.807) is 12.1 Å². The number of benzene rings is 1. The minimum absolute atomic E-state index is 0.0995. The molecular weight excluding hydrogens is 244 g/mol. The van der Waals surface area contributed by atoms with Crippen molar-refractivity contribution < 1.29 is 9.66 Å². The molecule has 0 aromatic heterocycles. The van der Waals surface area contributed by atoms with Crippen LogP contribution in [0.15, 0.2) is 18.2 Å². The molecule has 0 fully saturated rings. The van der Waals surface area contributed by atoms with Crippen molar-refractivity contribution in [3.05, 3.63) is 33.9 Å². The molecule has 0 aliphatic carbocycles. The fourth-order valence-corrected chi connectivity index (χ4v) is 1.58. The van der Waals surface area contributed by atoms with Crippen molar-refractivity contribution in [2.45, 2.75) is 40.4 Å². The maximum atomic E-state index is 10.9. The van der Waals surface area contributed by atoms with Gasteiger partial charge in [-0.25, -0.2) is 0 Å². The first-order valence-electron chi connectivity index (χ1n) is 6.58. The summed E-state index contributed by atoms with van der Waals surface area (Å²) in [5.74, 6) is 0.450. The normalized spacial score (nSPS) is 12.5. The van der Waals surface area contributed by atoms with Crippen LogP contribution in [0.5, 0.6) is 0 Å². The average Bonchev–Trinajstić information content (AvgIpc) is 2.36. The first-order valence-corrected chi connectivity index (χ1v) is 6.58. The molecule has 1 N–H and O–H groups in total. The molecular formula is C14H22N2O3. The van der Waals surface area contributed by atoms with E-state index in [9.17, 15) is 10.1 Å². The Morgan fingerprint density at radius 1 is 1.37 bits per heavy atom. The molecule has 0 radical (unpaired) electrons. The summed E-state index contributed by atoms with van der Waals surface area (Å²) in [7, 11) is 0. The maximum Gasteiger partial charge on any atom is 0.292 e. The lowest BCUT2D eigenvalue weighted by molar-refractivity contribution is -0.384. The van der Waals surface area contributed by atoms with Gasteiger partial charge in [0.25, 0.3) is 5.69 Å². The predicted molar refractivity (Wildman–Crippen MR) is 76.3 cm³/mol. The van der Waals surface area contributed by atoms with Crippen molar-refractivity contribution in [2.75, 3.05) is 11.9 Å². The topological polar surface area (TPSA) is 64.4 Å². The lowest BCUT2D eigenvalue weighted by atomic mass is 10.1. The number of nitrogens with one attached hydrogen (secondary N) is 1. The molecule has 1 atom stereocenters. The van der Waals surface area contributed by atoms with Crippen molar-refractivity contribution in [1.29, 1.82) is 0 Å².